The van der Waals surface area contributed by atoms with Gasteiger partial charge in [0.15, 0.2) is 0 Å². The summed E-state index contributed by atoms with van der Waals surface area (Å²) in [5, 5.41) is 13.6. The first-order valence-corrected chi connectivity index (χ1v) is 9.44. The quantitative estimate of drug-likeness (QED) is 0.641. The maximum absolute atomic E-state index is 13.1. The zero-order chi connectivity index (χ0) is 21.1. The van der Waals surface area contributed by atoms with Crippen molar-refractivity contribution < 1.29 is 14.3 Å². The zero-order valence-corrected chi connectivity index (χ0v) is 16.6. The van der Waals surface area contributed by atoms with Crippen LogP contribution in [0.1, 0.15) is 22.6 Å². The summed E-state index contributed by atoms with van der Waals surface area (Å²) in [6.07, 6.45) is 3.32. The molecular weight excluding hydrogens is 384 g/mol. The number of carbonyl (C=O) groups excluding carboxylic acids is 1. The molecule has 1 atom stereocenters. The Balaban J connectivity index is 1.48. The van der Waals surface area contributed by atoms with E-state index < -0.39 is 0 Å². The zero-order valence-electron chi connectivity index (χ0n) is 16.6. The Kier molecular flexibility index (Phi) is 5.30. The molecule has 0 bridgehead atoms. The molecule has 0 spiro atoms. The van der Waals surface area contributed by atoms with E-state index in [9.17, 15) is 4.79 Å². The molecule has 1 unspecified atom stereocenters. The number of hydrogen-bond acceptors (Lipinski definition) is 7. The predicted octanol–water partition coefficient (Wildman–Crippen LogP) is 2.05. The smallest absolute Gasteiger partial charge is 0.272 e. The maximum Gasteiger partial charge on any atom is 0.272 e. The van der Waals surface area contributed by atoms with Crippen molar-refractivity contribution in [2.75, 3.05) is 20.2 Å². The Bertz CT molecular complexity index is 1120. The van der Waals surface area contributed by atoms with Crippen LogP contribution in [0, 0.1) is 11.3 Å². The van der Waals surface area contributed by atoms with E-state index in [-0.39, 0.29) is 23.6 Å². The summed E-state index contributed by atoms with van der Waals surface area (Å²) in [5.41, 5.74) is 2.20. The Morgan fingerprint density at radius 2 is 2.10 bits per heavy atom. The van der Waals surface area contributed by atoms with Gasteiger partial charge in [0.1, 0.15) is 23.6 Å². The second-order valence-corrected chi connectivity index (χ2v) is 6.87. The molecule has 1 fully saturated rings. The van der Waals surface area contributed by atoms with Crippen LogP contribution >= 0.6 is 0 Å². The SMILES string of the molecule is COc1cccc(-c2cc(C(=O)N3CCC(Oc4nccnc4C#N)C3)n(C)n2)c1. The molecule has 1 aromatic carbocycles. The average Bonchev–Trinajstić information content (AvgIpc) is 3.40. The second kappa shape index (κ2) is 8.21. The van der Waals surface area contributed by atoms with Crippen molar-refractivity contribution in [1.29, 1.82) is 5.26 Å². The Morgan fingerprint density at radius 1 is 1.27 bits per heavy atom. The molecule has 0 N–H and O–H groups in total. The molecule has 3 aromatic rings. The molecule has 1 aliphatic rings. The van der Waals surface area contributed by atoms with Gasteiger partial charge in [-0.3, -0.25) is 9.48 Å². The number of likely N-dealkylation sites (tertiary alicyclic amines) is 1. The van der Waals surface area contributed by atoms with Crippen molar-refractivity contribution in [3.63, 3.8) is 0 Å². The molecule has 0 aliphatic carbocycles. The number of carbonyl (C=O) groups is 1. The topological polar surface area (TPSA) is 106 Å². The number of hydrogen-bond donors (Lipinski definition) is 0. The van der Waals surface area contributed by atoms with E-state index in [1.165, 1.54) is 12.4 Å². The van der Waals surface area contributed by atoms with Crippen molar-refractivity contribution in [3.8, 4) is 29.0 Å². The normalized spacial score (nSPS) is 15.6. The third-order valence-electron chi connectivity index (χ3n) is 4.95. The van der Waals surface area contributed by atoms with Crippen molar-refractivity contribution in [2.24, 2.45) is 7.05 Å². The maximum atomic E-state index is 13.1. The third-order valence-corrected chi connectivity index (χ3v) is 4.95. The number of methoxy groups -OCH3 is 1. The van der Waals surface area contributed by atoms with Crippen LogP contribution in [0.3, 0.4) is 0 Å². The molecule has 1 amide bonds. The Morgan fingerprint density at radius 3 is 2.90 bits per heavy atom. The van der Waals surface area contributed by atoms with Gasteiger partial charge in [0.25, 0.3) is 11.8 Å². The fourth-order valence-electron chi connectivity index (χ4n) is 3.41. The van der Waals surface area contributed by atoms with Gasteiger partial charge in [-0.25, -0.2) is 9.97 Å². The lowest BCUT2D eigenvalue weighted by Gasteiger charge is -2.17. The highest BCUT2D eigenvalue weighted by Gasteiger charge is 2.31. The number of aryl methyl sites for hydroxylation is 1. The first kappa shape index (κ1) is 19.4. The number of ether oxygens (including phenoxy) is 2. The van der Waals surface area contributed by atoms with Crippen LogP contribution in [-0.2, 0) is 7.05 Å². The summed E-state index contributed by atoms with van der Waals surface area (Å²) in [7, 11) is 3.36. The van der Waals surface area contributed by atoms with E-state index in [1.54, 1.807) is 29.8 Å². The average molecular weight is 404 g/mol. The van der Waals surface area contributed by atoms with Crippen LogP contribution in [0.5, 0.6) is 11.6 Å². The van der Waals surface area contributed by atoms with Crippen LogP contribution in [-0.4, -0.2) is 56.9 Å². The molecule has 9 heteroatoms. The summed E-state index contributed by atoms with van der Waals surface area (Å²) in [6.45, 7) is 0.950. The highest BCUT2D eigenvalue weighted by Crippen LogP contribution is 2.25. The van der Waals surface area contributed by atoms with Crippen LogP contribution < -0.4 is 9.47 Å². The van der Waals surface area contributed by atoms with Crippen LogP contribution in [0.2, 0.25) is 0 Å². The van der Waals surface area contributed by atoms with Gasteiger partial charge in [-0.1, -0.05) is 12.1 Å². The minimum absolute atomic E-state index is 0.120. The number of nitrogens with zero attached hydrogens (tertiary/aromatic N) is 6. The number of nitriles is 1. The summed E-state index contributed by atoms with van der Waals surface area (Å²) in [4.78, 5) is 22.8. The lowest BCUT2D eigenvalue weighted by atomic mass is 10.1. The summed E-state index contributed by atoms with van der Waals surface area (Å²) >= 11 is 0. The summed E-state index contributed by atoms with van der Waals surface area (Å²) in [6, 6.07) is 11.3. The second-order valence-electron chi connectivity index (χ2n) is 6.87. The number of benzene rings is 1. The van der Waals surface area contributed by atoms with E-state index in [4.69, 9.17) is 14.7 Å². The van der Waals surface area contributed by atoms with E-state index in [2.05, 4.69) is 15.1 Å². The molecule has 3 heterocycles. The van der Waals surface area contributed by atoms with Crippen molar-refractivity contribution in [1.82, 2.24) is 24.6 Å². The Hall–Kier alpha value is -3.93. The van der Waals surface area contributed by atoms with Crippen molar-refractivity contribution in [3.05, 3.63) is 54.1 Å². The highest BCUT2D eigenvalue weighted by atomic mass is 16.5. The molecular formula is C21H20N6O3. The van der Waals surface area contributed by atoms with E-state index >= 15 is 0 Å². The van der Waals surface area contributed by atoms with Gasteiger partial charge >= 0.3 is 0 Å². The molecule has 1 saturated heterocycles. The summed E-state index contributed by atoms with van der Waals surface area (Å²) < 4.78 is 12.7. The number of aromatic nitrogens is 4. The van der Waals surface area contributed by atoms with Gasteiger partial charge in [0.05, 0.1) is 19.3 Å². The first-order valence-electron chi connectivity index (χ1n) is 9.44. The number of amides is 1. The van der Waals surface area contributed by atoms with E-state index in [0.717, 1.165) is 11.3 Å². The van der Waals surface area contributed by atoms with E-state index in [1.807, 2.05) is 30.3 Å². The molecule has 152 valence electrons. The van der Waals surface area contributed by atoms with Gasteiger partial charge < -0.3 is 14.4 Å². The summed E-state index contributed by atoms with van der Waals surface area (Å²) in [5.74, 6) is 0.802. The van der Waals surface area contributed by atoms with Gasteiger partial charge in [-0.2, -0.15) is 10.4 Å². The van der Waals surface area contributed by atoms with Gasteiger partial charge in [0, 0.05) is 38.0 Å². The fraction of sp³-hybridized carbons (Fsp3) is 0.286. The largest absolute Gasteiger partial charge is 0.497 e. The Labute approximate surface area is 173 Å². The van der Waals surface area contributed by atoms with Crippen LogP contribution in [0.25, 0.3) is 11.3 Å². The highest BCUT2D eigenvalue weighted by molar-refractivity contribution is 5.94. The third kappa shape index (κ3) is 3.80. The lowest BCUT2D eigenvalue weighted by Crippen LogP contribution is -2.32. The minimum atomic E-state index is -0.246. The molecule has 9 nitrogen and oxygen atoms in total. The van der Waals surface area contributed by atoms with Crippen LogP contribution in [0.15, 0.2) is 42.7 Å². The van der Waals surface area contributed by atoms with Gasteiger partial charge in [-0.05, 0) is 18.2 Å². The molecule has 0 saturated carbocycles. The standard InChI is InChI=1S/C21H20N6O3/c1-26-19(11-17(25-26)14-4-3-5-15(10-14)29-2)21(28)27-9-6-16(13-27)30-20-18(12-22)23-7-8-24-20/h3-5,7-8,10-11,16H,6,9,13H2,1-2H3. The molecule has 1 aliphatic heterocycles. The molecule has 4 rings (SSSR count). The van der Waals surface area contributed by atoms with Gasteiger partial charge in [0.2, 0.25) is 5.69 Å². The minimum Gasteiger partial charge on any atom is -0.497 e. The fourth-order valence-corrected chi connectivity index (χ4v) is 3.41. The predicted molar refractivity (Wildman–Crippen MR) is 107 cm³/mol. The lowest BCUT2D eigenvalue weighted by molar-refractivity contribution is 0.0760. The van der Waals surface area contributed by atoms with Crippen molar-refractivity contribution in [2.45, 2.75) is 12.5 Å². The molecule has 0 radical (unpaired) electrons. The van der Waals surface area contributed by atoms with Crippen molar-refractivity contribution >= 4 is 5.91 Å². The monoisotopic (exact) mass is 404 g/mol. The number of rotatable bonds is 5. The van der Waals surface area contributed by atoms with Gasteiger partial charge in [-0.15, -0.1) is 0 Å². The van der Waals surface area contributed by atoms with Crippen LogP contribution in [0.4, 0.5) is 0 Å². The van der Waals surface area contributed by atoms with E-state index in [0.29, 0.717) is 30.9 Å². The molecule has 2 aromatic heterocycles. The molecule has 30 heavy (non-hydrogen) atoms. The first-order chi connectivity index (χ1) is 14.6.